The maximum atomic E-state index is 13.7. The van der Waals surface area contributed by atoms with Crippen molar-refractivity contribution < 1.29 is 9.53 Å². The lowest BCUT2D eigenvalue weighted by Gasteiger charge is -2.25. The molecule has 0 aromatic heterocycles. The lowest BCUT2D eigenvalue weighted by molar-refractivity contribution is 0.256. The van der Waals surface area contributed by atoms with E-state index in [0.717, 1.165) is 48.7 Å². The molecule has 0 saturated carbocycles. The fraction of sp³-hybridized carbons (Fsp3) is 0.100. The molecule has 5 rings (SSSR count). The zero-order valence-electron chi connectivity index (χ0n) is 19.4. The number of carbonyl (C=O) groups excluding carboxylic acids is 1. The van der Waals surface area contributed by atoms with E-state index in [9.17, 15) is 4.79 Å². The number of urea groups is 1. The topological polar surface area (TPSA) is 41.6 Å². The van der Waals surface area contributed by atoms with Crippen molar-refractivity contribution in [3.8, 4) is 5.75 Å². The molecule has 0 aliphatic heterocycles. The lowest BCUT2D eigenvalue weighted by atomic mass is 9.96. The van der Waals surface area contributed by atoms with Crippen LogP contribution < -0.4 is 15.0 Å². The van der Waals surface area contributed by atoms with Crippen molar-refractivity contribution in [2.24, 2.45) is 0 Å². The van der Waals surface area contributed by atoms with Gasteiger partial charge in [0.05, 0.1) is 18.8 Å². The smallest absolute Gasteiger partial charge is 0.326 e. The molecule has 0 heterocycles. The van der Waals surface area contributed by atoms with E-state index >= 15 is 0 Å². The van der Waals surface area contributed by atoms with E-state index in [1.54, 1.807) is 4.90 Å². The maximum absolute atomic E-state index is 13.7. The molecule has 5 heteroatoms. The number of hydrogen-bond donors (Lipinski definition) is 1. The van der Waals surface area contributed by atoms with E-state index in [2.05, 4.69) is 51.6 Å². The van der Waals surface area contributed by atoms with Crippen LogP contribution in [-0.4, -0.2) is 12.6 Å². The van der Waals surface area contributed by atoms with Crippen LogP contribution in [0, 0.1) is 0 Å². The second kappa shape index (κ2) is 10.2. The van der Waals surface area contributed by atoms with Gasteiger partial charge >= 0.3 is 6.03 Å². The van der Waals surface area contributed by atoms with Gasteiger partial charge in [-0.05, 0) is 92.4 Å². The number of ether oxygens (including phenoxy) is 1. The average molecular weight is 525 g/mol. The number of fused-ring (bicyclic) bond motifs is 2. The van der Waals surface area contributed by atoms with Crippen LogP contribution in [0.5, 0.6) is 5.75 Å². The number of nitrogens with one attached hydrogen (secondary N) is 1. The summed E-state index contributed by atoms with van der Waals surface area (Å²) in [6, 6.07) is 33.9. The Morgan fingerprint density at radius 1 is 0.829 bits per heavy atom. The van der Waals surface area contributed by atoms with E-state index in [4.69, 9.17) is 4.74 Å². The monoisotopic (exact) mass is 524 g/mol. The molecule has 5 aromatic carbocycles. The highest BCUT2D eigenvalue weighted by Crippen LogP contribution is 2.32. The van der Waals surface area contributed by atoms with Crippen molar-refractivity contribution >= 4 is 54.9 Å². The number of amides is 2. The molecule has 0 unspecified atom stereocenters. The molecule has 0 saturated heterocycles. The second-order valence-corrected chi connectivity index (χ2v) is 9.07. The summed E-state index contributed by atoms with van der Waals surface area (Å²) in [5.41, 5.74) is 2.61. The highest BCUT2D eigenvalue weighted by atomic mass is 79.9. The summed E-state index contributed by atoms with van der Waals surface area (Å²) in [5.74, 6) is 0.776. The summed E-state index contributed by atoms with van der Waals surface area (Å²) in [5, 5.41) is 7.65. The third kappa shape index (κ3) is 4.86. The van der Waals surface area contributed by atoms with Crippen LogP contribution in [0.2, 0.25) is 0 Å². The van der Waals surface area contributed by atoms with Crippen molar-refractivity contribution in [1.82, 2.24) is 0 Å². The molecule has 2 amide bonds. The summed E-state index contributed by atoms with van der Waals surface area (Å²) in [4.78, 5) is 15.5. The SMILES string of the molecule is CCOc1ccc(N(Cc2c3ccccc3cc3ccccc23)C(=O)Nc2ccccc2Br)cc1. The largest absolute Gasteiger partial charge is 0.494 e. The molecule has 0 atom stereocenters. The molecule has 174 valence electrons. The molecule has 0 fully saturated rings. The van der Waals surface area contributed by atoms with Crippen LogP contribution in [0.25, 0.3) is 21.5 Å². The molecule has 35 heavy (non-hydrogen) atoms. The number of rotatable bonds is 6. The molecule has 0 bridgehead atoms. The predicted molar refractivity (Wildman–Crippen MR) is 148 cm³/mol. The van der Waals surface area contributed by atoms with Crippen LogP contribution in [0.15, 0.2) is 108 Å². The van der Waals surface area contributed by atoms with Gasteiger partial charge in [-0.1, -0.05) is 60.7 Å². The van der Waals surface area contributed by atoms with Crippen molar-refractivity contribution in [3.05, 3.63) is 113 Å². The minimum Gasteiger partial charge on any atom is -0.494 e. The first-order valence-electron chi connectivity index (χ1n) is 11.6. The van der Waals surface area contributed by atoms with Crippen LogP contribution >= 0.6 is 15.9 Å². The number of hydrogen-bond acceptors (Lipinski definition) is 2. The summed E-state index contributed by atoms with van der Waals surface area (Å²) in [7, 11) is 0. The third-order valence-electron chi connectivity index (χ3n) is 6.02. The first-order valence-corrected chi connectivity index (χ1v) is 12.4. The Morgan fingerprint density at radius 3 is 2.06 bits per heavy atom. The van der Waals surface area contributed by atoms with Gasteiger partial charge in [0.25, 0.3) is 0 Å². The summed E-state index contributed by atoms with van der Waals surface area (Å²) >= 11 is 3.54. The first kappa shape index (κ1) is 22.9. The van der Waals surface area contributed by atoms with Gasteiger partial charge in [-0.3, -0.25) is 4.90 Å². The molecule has 0 radical (unpaired) electrons. The fourth-order valence-electron chi connectivity index (χ4n) is 4.35. The standard InChI is InChI=1S/C30H25BrN2O2/c1-2-35-24-17-15-23(16-18-24)33(30(34)32-29-14-8-7-13-28(29)31)20-27-25-11-5-3-9-21(25)19-22-10-4-6-12-26(22)27/h3-19H,2,20H2,1H3,(H,32,34). The van der Waals surface area contributed by atoms with Gasteiger partial charge in [-0.15, -0.1) is 0 Å². The number of para-hydroxylation sites is 1. The Morgan fingerprint density at radius 2 is 1.43 bits per heavy atom. The van der Waals surface area contributed by atoms with Gasteiger partial charge in [0.15, 0.2) is 0 Å². The summed E-state index contributed by atoms with van der Waals surface area (Å²) in [6.07, 6.45) is 0. The molecule has 0 spiro atoms. The number of halogens is 1. The minimum absolute atomic E-state index is 0.210. The van der Waals surface area contributed by atoms with Gasteiger partial charge in [0, 0.05) is 10.2 Å². The zero-order chi connectivity index (χ0) is 24.2. The minimum atomic E-state index is -0.210. The van der Waals surface area contributed by atoms with Crippen LogP contribution in [0.3, 0.4) is 0 Å². The average Bonchev–Trinajstić information content (AvgIpc) is 2.88. The van der Waals surface area contributed by atoms with E-state index < -0.39 is 0 Å². The molecular formula is C30H25BrN2O2. The highest BCUT2D eigenvalue weighted by molar-refractivity contribution is 9.10. The van der Waals surface area contributed by atoms with Gasteiger partial charge in [-0.25, -0.2) is 4.79 Å². The summed E-state index contributed by atoms with van der Waals surface area (Å²) in [6.45, 7) is 2.96. The van der Waals surface area contributed by atoms with Crippen molar-refractivity contribution in [1.29, 1.82) is 0 Å². The highest BCUT2D eigenvalue weighted by Gasteiger charge is 2.20. The molecular weight excluding hydrogens is 500 g/mol. The molecule has 1 N–H and O–H groups in total. The Bertz CT molecular complexity index is 1440. The number of anilines is 2. The lowest BCUT2D eigenvalue weighted by Crippen LogP contribution is -2.34. The van der Waals surface area contributed by atoms with E-state index in [-0.39, 0.29) is 6.03 Å². The van der Waals surface area contributed by atoms with Crippen LogP contribution in [-0.2, 0) is 6.54 Å². The van der Waals surface area contributed by atoms with E-state index in [0.29, 0.717) is 13.2 Å². The van der Waals surface area contributed by atoms with Crippen LogP contribution in [0.4, 0.5) is 16.2 Å². The number of benzene rings is 5. The number of carbonyl (C=O) groups is 1. The van der Waals surface area contributed by atoms with Crippen LogP contribution in [0.1, 0.15) is 12.5 Å². The molecule has 4 nitrogen and oxygen atoms in total. The fourth-order valence-corrected chi connectivity index (χ4v) is 4.73. The number of nitrogens with zero attached hydrogens (tertiary/aromatic N) is 1. The van der Waals surface area contributed by atoms with Crippen molar-refractivity contribution in [3.63, 3.8) is 0 Å². The van der Waals surface area contributed by atoms with E-state index in [1.807, 2.05) is 79.7 Å². The molecule has 5 aromatic rings. The predicted octanol–water partition coefficient (Wildman–Crippen LogP) is 8.39. The zero-order valence-corrected chi connectivity index (χ0v) is 21.0. The third-order valence-corrected chi connectivity index (χ3v) is 6.71. The normalized spacial score (nSPS) is 10.9. The molecule has 0 aliphatic carbocycles. The quantitative estimate of drug-likeness (QED) is 0.226. The first-order chi connectivity index (χ1) is 17.1. The van der Waals surface area contributed by atoms with Crippen molar-refractivity contribution in [2.75, 3.05) is 16.8 Å². The maximum Gasteiger partial charge on any atom is 0.326 e. The summed E-state index contributed by atoms with van der Waals surface area (Å²) < 4.78 is 6.45. The van der Waals surface area contributed by atoms with Gasteiger partial charge < -0.3 is 10.1 Å². The van der Waals surface area contributed by atoms with Gasteiger partial charge in [0.2, 0.25) is 0 Å². The Kier molecular flexibility index (Phi) is 6.68. The van der Waals surface area contributed by atoms with Gasteiger partial charge in [0.1, 0.15) is 5.75 Å². The van der Waals surface area contributed by atoms with Crippen molar-refractivity contribution in [2.45, 2.75) is 13.5 Å². The Hall–Kier alpha value is -3.83. The Labute approximate surface area is 213 Å². The van der Waals surface area contributed by atoms with E-state index in [1.165, 1.54) is 0 Å². The Balaban J connectivity index is 1.61. The second-order valence-electron chi connectivity index (χ2n) is 8.22. The molecule has 0 aliphatic rings. The van der Waals surface area contributed by atoms with Gasteiger partial charge in [-0.2, -0.15) is 0 Å².